The van der Waals surface area contributed by atoms with Crippen molar-refractivity contribution in [3.8, 4) is 17.4 Å². The molecule has 1 aliphatic rings. The van der Waals surface area contributed by atoms with E-state index in [0.29, 0.717) is 17.9 Å². The summed E-state index contributed by atoms with van der Waals surface area (Å²) in [7, 11) is 1.87. The van der Waals surface area contributed by atoms with Crippen molar-refractivity contribution in [3.05, 3.63) is 70.2 Å². The average Bonchev–Trinajstić information content (AvgIpc) is 3.03. The summed E-state index contributed by atoms with van der Waals surface area (Å²) >= 11 is 0. The van der Waals surface area contributed by atoms with E-state index in [2.05, 4.69) is 9.97 Å². The number of hydrogen-bond donors (Lipinski definition) is 0. The number of anilines is 1. The Hall–Kier alpha value is -3.63. The maximum Gasteiger partial charge on any atom is 0.433 e. The van der Waals surface area contributed by atoms with E-state index >= 15 is 0 Å². The van der Waals surface area contributed by atoms with Crippen molar-refractivity contribution in [2.45, 2.75) is 32.3 Å². The smallest absolute Gasteiger partial charge is 0.433 e. The first-order valence-electron chi connectivity index (χ1n) is 9.59. The van der Waals surface area contributed by atoms with E-state index in [1.54, 1.807) is 10.6 Å². The van der Waals surface area contributed by atoms with Gasteiger partial charge >= 0.3 is 11.9 Å². The number of benzene rings is 1. The number of nitrogens with zero attached hydrogens (tertiary/aromatic N) is 4. The molecule has 2 aromatic heterocycles. The highest BCUT2D eigenvalue weighted by Gasteiger charge is 2.32. The van der Waals surface area contributed by atoms with Crippen LogP contribution in [0.4, 0.5) is 23.4 Å². The summed E-state index contributed by atoms with van der Waals surface area (Å²) in [5.41, 5.74) is -1.04. The monoisotopic (exact) mass is 450 g/mol. The van der Waals surface area contributed by atoms with Gasteiger partial charge in [-0.15, -0.1) is 0 Å². The van der Waals surface area contributed by atoms with Gasteiger partial charge in [-0.2, -0.15) is 18.2 Å². The van der Waals surface area contributed by atoms with Crippen LogP contribution in [-0.4, -0.2) is 27.6 Å². The number of ether oxygens (including phenoxy) is 2. The van der Waals surface area contributed by atoms with E-state index in [-0.39, 0.29) is 30.0 Å². The summed E-state index contributed by atoms with van der Waals surface area (Å²) in [5, 5.41) is 0. The maximum atomic E-state index is 14.4. The third-order valence-electron chi connectivity index (χ3n) is 5.07. The fourth-order valence-electron chi connectivity index (χ4n) is 3.23. The van der Waals surface area contributed by atoms with Crippen LogP contribution < -0.4 is 20.1 Å². The number of alkyl halides is 3. The molecule has 32 heavy (non-hydrogen) atoms. The van der Waals surface area contributed by atoms with Crippen LogP contribution in [0.15, 0.2) is 47.4 Å². The van der Waals surface area contributed by atoms with E-state index in [1.165, 1.54) is 18.2 Å². The number of halogens is 4. The van der Waals surface area contributed by atoms with Crippen LogP contribution in [-0.2, 0) is 19.3 Å². The second-order valence-corrected chi connectivity index (χ2v) is 7.34. The lowest BCUT2D eigenvalue weighted by molar-refractivity contribution is -0.141. The molecule has 0 spiro atoms. The normalized spacial score (nSPS) is 15.6. The second-order valence-electron chi connectivity index (χ2n) is 7.34. The molecule has 0 N–H and O–H groups in total. The van der Waals surface area contributed by atoms with Gasteiger partial charge in [0.15, 0.2) is 11.6 Å². The Bertz CT molecular complexity index is 1200. The van der Waals surface area contributed by atoms with Crippen LogP contribution in [0.3, 0.4) is 0 Å². The quantitative estimate of drug-likeness (QED) is 0.548. The number of rotatable bonds is 5. The summed E-state index contributed by atoms with van der Waals surface area (Å²) in [4.78, 5) is 21.3. The van der Waals surface area contributed by atoms with Crippen molar-refractivity contribution in [2.75, 3.05) is 11.9 Å². The van der Waals surface area contributed by atoms with Crippen molar-refractivity contribution in [3.63, 3.8) is 0 Å². The Labute approximate surface area is 179 Å². The summed E-state index contributed by atoms with van der Waals surface area (Å²) in [6.07, 6.45) is -3.70. The van der Waals surface area contributed by atoms with Gasteiger partial charge < -0.3 is 14.4 Å². The minimum absolute atomic E-state index is 0.0398. The van der Waals surface area contributed by atoms with Crippen molar-refractivity contribution in [1.82, 2.24) is 14.5 Å². The molecule has 1 atom stereocenters. The van der Waals surface area contributed by atoms with Crippen LogP contribution >= 0.6 is 0 Å². The molecule has 11 heteroatoms. The molecule has 0 aliphatic carbocycles. The fourth-order valence-corrected chi connectivity index (χ4v) is 3.23. The van der Waals surface area contributed by atoms with Gasteiger partial charge in [0.2, 0.25) is 5.88 Å². The Kier molecular flexibility index (Phi) is 5.49. The summed E-state index contributed by atoms with van der Waals surface area (Å²) in [5.74, 6) is -0.144. The zero-order valence-electron chi connectivity index (χ0n) is 17.1. The largest absolute Gasteiger partial charge is 0.473 e. The molecule has 0 radical (unpaired) electrons. The van der Waals surface area contributed by atoms with Gasteiger partial charge in [0.25, 0.3) is 0 Å². The summed E-state index contributed by atoms with van der Waals surface area (Å²) in [6.45, 7) is 2.48. The third kappa shape index (κ3) is 4.36. The molecule has 1 aromatic carbocycles. The number of likely N-dealkylation sites (N-methyl/N-ethyl adjacent to an activating group) is 1. The summed E-state index contributed by atoms with van der Waals surface area (Å²) < 4.78 is 64.5. The van der Waals surface area contributed by atoms with Crippen LogP contribution in [0.1, 0.15) is 18.2 Å². The topological polar surface area (TPSA) is 69.5 Å². The van der Waals surface area contributed by atoms with E-state index in [9.17, 15) is 22.4 Å². The zero-order chi connectivity index (χ0) is 23.0. The van der Waals surface area contributed by atoms with Crippen LogP contribution in [0.25, 0.3) is 0 Å². The number of fused-ring (bicyclic) bond motifs is 1. The highest BCUT2D eigenvalue weighted by molar-refractivity contribution is 5.45. The molecular formula is C21H18F4N4O3. The van der Waals surface area contributed by atoms with Gasteiger partial charge in [-0.3, -0.25) is 4.57 Å². The SMILES string of the molecule is CC1Cn2c(cc(OCc3ccc(Oc4ccc(C(F)(F)F)nc4)c(F)c3)nc2=O)N1C. The molecule has 0 amide bonds. The lowest BCUT2D eigenvalue weighted by Crippen LogP contribution is -2.23. The molecule has 1 aliphatic heterocycles. The molecule has 0 saturated heterocycles. The molecule has 3 heterocycles. The number of hydrogen-bond acceptors (Lipinski definition) is 6. The predicted molar refractivity (Wildman–Crippen MR) is 106 cm³/mol. The van der Waals surface area contributed by atoms with Gasteiger partial charge in [0.05, 0.1) is 6.20 Å². The second kappa shape index (κ2) is 8.13. The first-order valence-corrected chi connectivity index (χ1v) is 9.59. The third-order valence-corrected chi connectivity index (χ3v) is 5.07. The highest BCUT2D eigenvalue weighted by atomic mass is 19.4. The molecule has 0 fully saturated rings. The minimum atomic E-state index is -4.57. The Morgan fingerprint density at radius 1 is 1.19 bits per heavy atom. The Morgan fingerprint density at radius 3 is 2.62 bits per heavy atom. The van der Waals surface area contributed by atoms with Crippen molar-refractivity contribution >= 4 is 5.82 Å². The maximum absolute atomic E-state index is 14.4. The minimum Gasteiger partial charge on any atom is -0.473 e. The molecule has 4 rings (SSSR count). The Morgan fingerprint density at radius 2 is 1.97 bits per heavy atom. The molecule has 0 saturated carbocycles. The number of aromatic nitrogens is 3. The van der Waals surface area contributed by atoms with E-state index in [0.717, 1.165) is 18.3 Å². The highest BCUT2D eigenvalue weighted by Crippen LogP contribution is 2.30. The van der Waals surface area contributed by atoms with Crippen molar-refractivity contribution in [1.29, 1.82) is 0 Å². The van der Waals surface area contributed by atoms with E-state index < -0.39 is 23.4 Å². The van der Waals surface area contributed by atoms with E-state index in [4.69, 9.17) is 9.47 Å². The predicted octanol–water partition coefficient (Wildman–Crippen LogP) is 4.01. The first kappa shape index (κ1) is 21.6. The lowest BCUT2D eigenvalue weighted by atomic mass is 10.2. The first-order chi connectivity index (χ1) is 15.1. The molecule has 168 valence electrons. The average molecular weight is 450 g/mol. The zero-order valence-corrected chi connectivity index (χ0v) is 17.1. The molecule has 0 bridgehead atoms. The van der Waals surface area contributed by atoms with Gasteiger partial charge in [0, 0.05) is 25.7 Å². The van der Waals surface area contributed by atoms with Gasteiger partial charge in [-0.05, 0) is 36.8 Å². The van der Waals surface area contributed by atoms with Gasteiger partial charge in [-0.1, -0.05) is 6.07 Å². The van der Waals surface area contributed by atoms with Crippen molar-refractivity contribution < 1.29 is 27.0 Å². The van der Waals surface area contributed by atoms with Crippen molar-refractivity contribution in [2.24, 2.45) is 0 Å². The van der Waals surface area contributed by atoms with Crippen LogP contribution in [0.2, 0.25) is 0 Å². The van der Waals surface area contributed by atoms with Gasteiger partial charge in [-0.25, -0.2) is 14.2 Å². The summed E-state index contributed by atoms with van der Waals surface area (Å²) in [6, 6.07) is 7.64. The van der Waals surface area contributed by atoms with E-state index in [1.807, 2.05) is 18.9 Å². The molecule has 1 unspecified atom stereocenters. The van der Waals surface area contributed by atoms with Crippen LogP contribution in [0.5, 0.6) is 17.4 Å². The fraction of sp³-hybridized carbons (Fsp3) is 0.286. The lowest BCUT2D eigenvalue weighted by Gasteiger charge is -2.16. The standard InChI is InChI=1S/C21H18F4N4O3/c1-12-10-29-19(28(12)2)8-18(27-20(29)30)31-11-13-3-5-16(15(22)7-13)32-14-4-6-17(26-9-14)21(23,24)25/h3-9,12H,10-11H2,1-2H3. The molecule has 3 aromatic rings. The Balaban J connectivity index is 1.43. The number of pyridine rings is 1. The van der Waals surface area contributed by atoms with Gasteiger partial charge in [0.1, 0.15) is 23.9 Å². The molecular weight excluding hydrogens is 432 g/mol. The molecule has 7 nitrogen and oxygen atoms in total. The van der Waals surface area contributed by atoms with Crippen LogP contribution in [0, 0.1) is 5.82 Å².